The first kappa shape index (κ1) is 19.1. The van der Waals surface area contributed by atoms with Gasteiger partial charge in [0, 0.05) is 6.54 Å². The molecule has 3 N–H and O–H groups in total. The summed E-state index contributed by atoms with van der Waals surface area (Å²) in [5.41, 5.74) is 0. The fourth-order valence-electron chi connectivity index (χ4n) is 1.26. The van der Waals surface area contributed by atoms with Crippen LogP contribution in [0, 0.1) is 0 Å². The van der Waals surface area contributed by atoms with Crippen molar-refractivity contribution in [3.8, 4) is 0 Å². The number of unbranched alkanes of at least 4 members (excludes halogenated alkanes) is 1. The van der Waals surface area contributed by atoms with Crippen molar-refractivity contribution in [3.05, 3.63) is 0 Å². The number of rotatable bonds is 7. The van der Waals surface area contributed by atoms with Crippen molar-refractivity contribution in [1.82, 2.24) is 4.90 Å². The first-order valence-electron chi connectivity index (χ1n) is 4.81. The zero-order valence-corrected chi connectivity index (χ0v) is 12.8. The fraction of sp³-hybridized carbons (Fsp3) is 1.00. The number of aliphatic hydroxyl groups is 2. The van der Waals surface area contributed by atoms with Gasteiger partial charge in [-0.25, -0.2) is 0 Å². The van der Waals surface area contributed by atoms with Gasteiger partial charge in [-0.3, -0.25) is 9.45 Å². The summed E-state index contributed by atoms with van der Waals surface area (Å²) in [7, 11) is -3.91. The average molecular weight is 265 g/mol. The molecule has 0 saturated heterocycles. The second kappa shape index (κ2) is 8.82. The topological polar surface area (TPSA) is 98.1 Å². The molecule has 0 amide bonds. The fourth-order valence-corrected chi connectivity index (χ4v) is 1.83. The molecule has 0 aromatic heterocycles. The standard InChI is InChI=1S/C8H19NO5S.Na.H/c1-7(10)9(8(2)11)5-3-4-6-15(12,13)14;;/h7-8,10-11H,3-6H2,1-2H3,(H,12,13,14);;/q;+1;-1. The smallest absolute Gasteiger partial charge is 1.00 e. The van der Waals surface area contributed by atoms with Gasteiger partial charge in [-0.15, -0.1) is 0 Å². The van der Waals surface area contributed by atoms with Crippen molar-refractivity contribution >= 4 is 10.1 Å². The Labute approximate surface area is 120 Å². The van der Waals surface area contributed by atoms with Crippen molar-refractivity contribution in [2.45, 2.75) is 39.1 Å². The molecule has 2 unspecified atom stereocenters. The summed E-state index contributed by atoms with van der Waals surface area (Å²) in [4.78, 5) is 1.42. The van der Waals surface area contributed by atoms with E-state index in [1.54, 1.807) is 0 Å². The van der Waals surface area contributed by atoms with Crippen LogP contribution in [0.2, 0.25) is 0 Å². The second-order valence-electron chi connectivity index (χ2n) is 3.49. The van der Waals surface area contributed by atoms with Gasteiger partial charge in [0.25, 0.3) is 10.1 Å². The predicted molar refractivity (Wildman–Crippen MR) is 56.8 cm³/mol. The summed E-state index contributed by atoms with van der Waals surface area (Å²) in [5, 5.41) is 18.5. The van der Waals surface area contributed by atoms with E-state index in [-0.39, 0.29) is 36.7 Å². The van der Waals surface area contributed by atoms with Gasteiger partial charge in [-0.1, -0.05) is 0 Å². The first-order valence-corrected chi connectivity index (χ1v) is 6.42. The number of aliphatic hydroxyl groups excluding tert-OH is 2. The van der Waals surface area contributed by atoms with Crippen LogP contribution in [0.25, 0.3) is 0 Å². The van der Waals surface area contributed by atoms with Crippen LogP contribution in [0.15, 0.2) is 0 Å². The van der Waals surface area contributed by atoms with Gasteiger partial charge in [-0.2, -0.15) is 8.42 Å². The van der Waals surface area contributed by atoms with Crippen LogP contribution < -0.4 is 29.6 Å². The Balaban J connectivity index is -0.000000980. The van der Waals surface area contributed by atoms with Crippen LogP contribution in [0.4, 0.5) is 0 Å². The van der Waals surface area contributed by atoms with Crippen molar-refractivity contribution in [1.29, 1.82) is 0 Å². The van der Waals surface area contributed by atoms with E-state index in [1.807, 2.05) is 0 Å². The Kier molecular flexibility index (Phi) is 10.5. The van der Waals surface area contributed by atoms with Crippen molar-refractivity contribution in [2.75, 3.05) is 12.3 Å². The summed E-state index contributed by atoms with van der Waals surface area (Å²) >= 11 is 0. The molecule has 0 aliphatic heterocycles. The molecule has 0 aliphatic rings. The van der Waals surface area contributed by atoms with E-state index >= 15 is 0 Å². The molecule has 0 bridgehead atoms. The van der Waals surface area contributed by atoms with E-state index in [0.717, 1.165) is 0 Å². The molecule has 0 aliphatic carbocycles. The number of hydrogen-bond donors (Lipinski definition) is 3. The summed E-state index contributed by atoms with van der Waals surface area (Å²) in [5.74, 6) is -0.291. The minimum atomic E-state index is -3.91. The van der Waals surface area contributed by atoms with Gasteiger partial charge in [0.1, 0.15) is 12.5 Å². The van der Waals surface area contributed by atoms with Crippen molar-refractivity contribution in [2.24, 2.45) is 0 Å². The predicted octanol–water partition coefficient (Wildman–Crippen LogP) is -3.25. The maximum atomic E-state index is 10.4. The third-order valence-corrected chi connectivity index (χ3v) is 2.83. The van der Waals surface area contributed by atoms with Crippen LogP contribution in [-0.2, 0) is 10.1 Å². The molecule has 16 heavy (non-hydrogen) atoms. The number of hydrogen-bond acceptors (Lipinski definition) is 5. The molecule has 0 aromatic rings. The van der Waals surface area contributed by atoms with Crippen molar-refractivity contribution in [3.63, 3.8) is 0 Å². The molecular weight excluding hydrogens is 245 g/mol. The Morgan fingerprint density at radius 3 is 1.94 bits per heavy atom. The van der Waals surface area contributed by atoms with E-state index in [2.05, 4.69) is 0 Å². The van der Waals surface area contributed by atoms with E-state index in [9.17, 15) is 18.6 Å². The van der Waals surface area contributed by atoms with Crippen LogP contribution in [0.1, 0.15) is 28.1 Å². The molecule has 0 radical (unpaired) electrons. The van der Waals surface area contributed by atoms with Crippen LogP contribution >= 0.6 is 0 Å². The Morgan fingerprint density at radius 2 is 1.62 bits per heavy atom. The van der Waals surface area contributed by atoms with E-state index in [4.69, 9.17) is 4.55 Å². The van der Waals surface area contributed by atoms with E-state index < -0.39 is 22.6 Å². The van der Waals surface area contributed by atoms with Crippen molar-refractivity contribution < 1.29 is 54.2 Å². The molecule has 0 saturated carbocycles. The molecule has 0 aromatic carbocycles. The maximum absolute atomic E-state index is 10.4. The summed E-state index contributed by atoms with van der Waals surface area (Å²) < 4.78 is 29.2. The Morgan fingerprint density at radius 1 is 1.19 bits per heavy atom. The van der Waals surface area contributed by atoms with Gasteiger partial charge in [0.05, 0.1) is 5.75 Å². The average Bonchev–Trinajstić information content (AvgIpc) is 2.00. The third-order valence-electron chi connectivity index (χ3n) is 2.03. The zero-order valence-electron chi connectivity index (χ0n) is 11.0. The van der Waals surface area contributed by atoms with Gasteiger partial charge in [0.2, 0.25) is 0 Å². The van der Waals surface area contributed by atoms with Gasteiger partial charge < -0.3 is 11.6 Å². The molecular formula is C8H20NNaO5S. The minimum absolute atomic E-state index is 0. The first-order chi connectivity index (χ1) is 6.74. The molecule has 0 heterocycles. The maximum Gasteiger partial charge on any atom is 1.00 e. The molecule has 0 rings (SSSR count). The van der Waals surface area contributed by atoms with Gasteiger partial charge in [0.15, 0.2) is 0 Å². The Hall–Kier alpha value is 0.790. The number of nitrogens with zero attached hydrogens (tertiary/aromatic N) is 1. The molecule has 94 valence electrons. The summed E-state index contributed by atoms with van der Waals surface area (Å²) in [6.07, 6.45) is -0.781. The SMILES string of the molecule is CC(O)N(CCCCS(=O)(=O)O)C(C)O.[H-].[Na+]. The Bertz CT molecular complexity index is 265. The normalized spacial score (nSPS) is 15.6. The zero-order chi connectivity index (χ0) is 12.1. The minimum Gasteiger partial charge on any atom is -1.00 e. The van der Waals surface area contributed by atoms with Crippen LogP contribution in [0.3, 0.4) is 0 Å². The largest absolute Gasteiger partial charge is 1.00 e. The summed E-state index contributed by atoms with van der Waals surface area (Å²) in [6.45, 7) is 3.43. The molecule has 2 atom stereocenters. The van der Waals surface area contributed by atoms with Crippen LogP contribution in [-0.4, -0.2) is 52.8 Å². The monoisotopic (exact) mass is 265 g/mol. The third kappa shape index (κ3) is 9.98. The summed E-state index contributed by atoms with van der Waals surface area (Å²) in [6, 6.07) is 0. The van der Waals surface area contributed by atoms with E-state index in [0.29, 0.717) is 19.4 Å². The van der Waals surface area contributed by atoms with Crippen LogP contribution in [0.5, 0.6) is 0 Å². The molecule has 6 nitrogen and oxygen atoms in total. The second-order valence-corrected chi connectivity index (χ2v) is 5.07. The molecule has 8 heteroatoms. The molecule has 0 fully saturated rings. The van der Waals surface area contributed by atoms with Gasteiger partial charge >= 0.3 is 29.6 Å². The quantitative estimate of drug-likeness (QED) is 0.194. The van der Waals surface area contributed by atoms with Gasteiger partial charge in [-0.05, 0) is 26.7 Å². The molecule has 0 spiro atoms. The van der Waals surface area contributed by atoms with E-state index in [1.165, 1.54) is 18.7 Å².